The molecule has 2 N–H and O–H groups in total. The SMILES string of the molecule is COc1ccc(-c2ccc(C[NH2+]Cc3cccs3)o2)cc1Cl. The van der Waals surface area contributed by atoms with Crippen molar-refractivity contribution in [1.82, 2.24) is 0 Å². The molecule has 3 rings (SSSR count). The molecule has 114 valence electrons. The highest BCUT2D eigenvalue weighted by Gasteiger charge is 2.09. The van der Waals surface area contributed by atoms with Gasteiger partial charge in [-0.05, 0) is 41.8 Å². The van der Waals surface area contributed by atoms with Crippen molar-refractivity contribution in [2.75, 3.05) is 7.11 Å². The second-order valence-corrected chi connectivity index (χ2v) is 6.33. The van der Waals surface area contributed by atoms with Crippen LogP contribution >= 0.6 is 22.9 Å². The van der Waals surface area contributed by atoms with Crippen molar-refractivity contribution in [2.24, 2.45) is 0 Å². The van der Waals surface area contributed by atoms with Crippen molar-refractivity contribution >= 4 is 22.9 Å². The smallest absolute Gasteiger partial charge is 0.158 e. The summed E-state index contributed by atoms with van der Waals surface area (Å²) in [5.41, 5.74) is 0.954. The van der Waals surface area contributed by atoms with E-state index < -0.39 is 0 Å². The number of hydrogen-bond donors (Lipinski definition) is 1. The van der Waals surface area contributed by atoms with Crippen molar-refractivity contribution in [3.63, 3.8) is 0 Å². The third kappa shape index (κ3) is 3.53. The second-order valence-electron chi connectivity index (χ2n) is 4.89. The zero-order valence-electron chi connectivity index (χ0n) is 12.2. The molecule has 0 aliphatic heterocycles. The first kappa shape index (κ1) is 15.2. The highest BCUT2D eigenvalue weighted by atomic mass is 35.5. The number of hydrogen-bond acceptors (Lipinski definition) is 3. The van der Waals surface area contributed by atoms with Gasteiger partial charge in [0.15, 0.2) is 5.76 Å². The number of benzene rings is 1. The molecule has 0 saturated carbocycles. The van der Waals surface area contributed by atoms with Crippen LogP contribution in [-0.2, 0) is 13.1 Å². The average Bonchev–Trinajstić information content (AvgIpc) is 3.19. The quantitative estimate of drug-likeness (QED) is 0.741. The average molecular weight is 335 g/mol. The number of rotatable bonds is 6. The van der Waals surface area contributed by atoms with Crippen LogP contribution in [0.1, 0.15) is 10.6 Å². The van der Waals surface area contributed by atoms with E-state index in [0.717, 1.165) is 30.2 Å². The molecule has 0 radical (unpaired) electrons. The molecule has 0 aliphatic carbocycles. The number of furan rings is 1. The van der Waals surface area contributed by atoms with E-state index in [9.17, 15) is 0 Å². The van der Waals surface area contributed by atoms with Gasteiger partial charge in [0.1, 0.15) is 24.6 Å². The summed E-state index contributed by atoms with van der Waals surface area (Å²) in [5.74, 6) is 2.45. The Morgan fingerprint density at radius 1 is 1.18 bits per heavy atom. The first-order chi connectivity index (χ1) is 10.8. The Labute approximate surface area is 138 Å². The van der Waals surface area contributed by atoms with Crippen molar-refractivity contribution in [1.29, 1.82) is 0 Å². The molecule has 0 aliphatic rings. The summed E-state index contributed by atoms with van der Waals surface area (Å²) in [6.07, 6.45) is 0. The van der Waals surface area contributed by atoms with E-state index in [1.54, 1.807) is 18.4 Å². The lowest BCUT2D eigenvalue weighted by Crippen LogP contribution is -2.80. The molecule has 0 amide bonds. The summed E-state index contributed by atoms with van der Waals surface area (Å²) in [5, 5.41) is 4.92. The molecule has 2 aromatic heterocycles. The van der Waals surface area contributed by atoms with Crippen LogP contribution in [0, 0.1) is 0 Å². The van der Waals surface area contributed by atoms with Gasteiger partial charge in [-0.15, -0.1) is 11.3 Å². The van der Waals surface area contributed by atoms with Gasteiger partial charge in [0, 0.05) is 5.56 Å². The predicted octanol–water partition coefficient (Wildman–Crippen LogP) is 3.93. The zero-order valence-corrected chi connectivity index (χ0v) is 13.8. The minimum Gasteiger partial charge on any atom is -0.495 e. The number of thiophene rings is 1. The molecule has 3 aromatic rings. The second kappa shape index (κ2) is 7.01. The van der Waals surface area contributed by atoms with E-state index >= 15 is 0 Å². The number of quaternary nitrogens is 1. The fraction of sp³-hybridized carbons (Fsp3) is 0.176. The number of methoxy groups -OCH3 is 1. The summed E-state index contributed by atoms with van der Waals surface area (Å²) in [7, 11) is 1.61. The number of nitrogens with two attached hydrogens (primary N) is 1. The van der Waals surface area contributed by atoms with Gasteiger partial charge in [0.05, 0.1) is 17.0 Å². The van der Waals surface area contributed by atoms with Crippen LogP contribution in [0.5, 0.6) is 5.75 Å². The molecule has 0 bridgehead atoms. The van der Waals surface area contributed by atoms with E-state index in [2.05, 4.69) is 22.8 Å². The van der Waals surface area contributed by atoms with Gasteiger partial charge < -0.3 is 14.5 Å². The van der Waals surface area contributed by atoms with Crippen molar-refractivity contribution in [2.45, 2.75) is 13.1 Å². The predicted molar refractivity (Wildman–Crippen MR) is 89.4 cm³/mol. The van der Waals surface area contributed by atoms with E-state index in [1.165, 1.54) is 4.88 Å². The van der Waals surface area contributed by atoms with Crippen LogP contribution < -0.4 is 10.1 Å². The van der Waals surface area contributed by atoms with E-state index in [4.69, 9.17) is 20.8 Å². The Morgan fingerprint density at radius 3 is 2.82 bits per heavy atom. The van der Waals surface area contributed by atoms with Crippen LogP contribution in [0.3, 0.4) is 0 Å². The van der Waals surface area contributed by atoms with Crippen LogP contribution in [0.2, 0.25) is 5.02 Å². The monoisotopic (exact) mass is 334 g/mol. The summed E-state index contributed by atoms with van der Waals surface area (Å²) in [6, 6.07) is 13.9. The third-order valence-corrected chi connectivity index (χ3v) is 4.56. The van der Waals surface area contributed by atoms with Gasteiger partial charge in [-0.1, -0.05) is 17.7 Å². The zero-order chi connectivity index (χ0) is 15.4. The molecular formula is C17H17ClNO2S+. The lowest BCUT2D eigenvalue weighted by Gasteiger charge is -2.04. The highest BCUT2D eigenvalue weighted by molar-refractivity contribution is 7.09. The topological polar surface area (TPSA) is 39.0 Å². The molecule has 0 fully saturated rings. The highest BCUT2D eigenvalue weighted by Crippen LogP contribution is 2.30. The fourth-order valence-corrected chi connectivity index (χ4v) is 3.21. The number of ether oxygens (including phenoxy) is 1. The summed E-state index contributed by atoms with van der Waals surface area (Å²) >= 11 is 7.93. The van der Waals surface area contributed by atoms with Crippen molar-refractivity contribution in [3.8, 4) is 17.1 Å². The lowest BCUT2D eigenvalue weighted by molar-refractivity contribution is -0.687. The van der Waals surface area contributed by atoms with Gasteiger partial charge in [-0.25, -0.2) is 0 Å². The van der Waals surface area contributed by atoms with Crippen LogP contribution in [0.25, 0.3) is 11.3 Å². The Kier molecular flexibility index (Phi) is 4.83. The van der Waals surface area contributed by atoms with Crippen molar-refractivity contribution in [3.05, 3.63) is 63.5 Å². The minimum atomic E-state index is 0.585. The molecule has 0 atom stereocenters. The molecule has 3 nitrogen and oxygen atoms in total. The Hall–Kier alpha value is -1.75. The Bertz CT molecular complexity index is 737. The van der Waals surface area contributed by atoms with E-state index in [-0.39, 0.29) is 0 Å². The molecule has 5 heteroatoms. The molecule has 22 heavy (non-hydrogen) atoms. The standard InChI is InChI=1S/C17H16ClNO2S/c1-20-17-6-4-12(9-15(17)18)16-7-5-13(21-16)10-19-11-14-3-2-8-22-14/h2-9,19H,10-11H2,1H3/p+1. The molecular weight excluding hydrogens is 318 g/mol. The van der Waals surface area contributed by atoms with Crippen LogP contribution in [0.15, 0.2) is 52.3 Å². The Morgan fingerprint density at radius 2 is 2.09 bits per heavy atom. The lowest BCUT2D eigenvalue weighted by atomic mass is 10.2. The van der Waals surface area contributed by atoms with Gasteiger partial charge in [-0.2, -0.15) is 0 Å². The Balaban J connectivity index is 1.64. The van der Waals surface area contributed by atoms with Gasteiger partial charge in [0.2, 0.25) is 0 Å². The fourth-order valence-electron chi connectivity index (χ4n) is 2.25. The molecule has 0 unspecified atom stereocenters. The molecule has 1 aromatic carbocycles. The number of halogens is 1. The minimum absolute atomic E-state index is 0.585. The molecule has 0 spiro atoms. The van der Waals surface area contributed by atoms with Crippen LogP contribution in [0.4, 0.5) is 0 Å². The van der Waals surface area contributed by atoms with Crippen molar-refractivity contribution < 1.29 is 14.5 Å². The van der Waals surface area contributed by atoms with Gasteiger partial charge in [-0.3, -0.25) is 0 Å². The largest absolute Gasteiger partial charge is 0.495 e. The summed E-state index contributed by atoms with van der Waals surface area (Å²) in [4.78, 5) is 1.37. The normalized spacial score (nSPS) is 10.8. The van der Waals surface area contributed by atoms with E-state index in [0.29, 0.717) is 10.8 Å². The van der Waals surface area contributed by atoms with E-state index in [1.807, 2.05) is 30.3 Å². The maximum atomic E-state index is 6.16. The third-order valence-electron chi connectivity index (χ3n) is 3.37. The van der Waals surface area contributed by atoms with Gasteiger partial charge >= 0.3 is 0 Å². The maximum absolute atomic E-state index is 6.16. The first-order valence-electron chi connectivity index (χ1n) is 7.03. The molecule has 2 heterocycles. The first-order valence-corrected chi connectivity index (χ1v) is 8.28. The molecule has 0 saturated heterocycles. The maximum Gasteiger partial charge on any atom is 0.158 e. The van der Waals surface area contributed by atoms with Crippen LogP contribution in [-0.4, -0.2) is 7.11 Å². The van der Waals surface area contributed by atoms with Gasteiger partial charge in [0.25, 0.3) is 0 Å². The summed E-state index contributed by atoms with van der Waals surface area (Å²) in [6.45, 7) is 1.80. The summed E-state index contributed by atoms with van der Waals surface area (Å²) < 4.78 is 11.1.